The molecule has 1 N–H and O–H groups in total. The van der Waals surface area contributed by atoms with Crippen molar-refractivity contribution < 1.29 is 9.53 Å². The van der Waals surface area contributed by atoms with Crippen LogP contribution in [0.2, 0.25) is 0 Å². The number of nitrogens with zero attached hydrogens (tertiary/aromatic N) is 5. The number of methoxy groups -OCH3 is 1. The third-order valence-corrected chi connectivity index (χ3v) is 4.30. The van der Waals surface area contributed by atoms with E-state index in [1.54, 1.807) is 44.8 Å². The second kappa shape index (κ2) is 8.57. The molecule has 0 aliphatic heterocycles. The normalized spacial score (nSPS) is 12.0. The molecule has 1 aromatic carbocycles. The van der Waals surface area contributed by atoms with Crippen LogP contribution in [0.25, 0.3) is 11.3 Å². The van der Waals surface area contributed by atoms with Crippen molar-refractivity contribution in [3.8, 4) is 11.3 Å². The Balaban J connectivity index is 1.77. The molecule has 2 heterocycles. The standard InChI is InChI=1S/C19H22N6O3/c1-13(18-22-20-12-25(18)9-10-28-3)21-19(27)15-6-4-5-14(11-15)16-7-8-17(26)24(2)23-16/h4-8,11-13H,9-10H2,1-3H3,(H,21,27)/t13-/m0/s1. The monoisotopic (exact) mass is 382 g/mol. The molecule has 0 aliphatic carbocycles. The van der Waals surface area contributed by atoms with Crippen LogP contribution in [0, 0.1) is 0 Å². The van der Waals surface area contributed by atoms with Crippen LogP contribution in [-0.2, 0) is 18.3 Å². The summed E-state index contributed by atoms with van der Waals surface area (Å²) in [5.74, 6) is 0.418. The smallest absolute Gasteiger partial charge is 0.266 e. The number of carbonyl (C=O) groups is 1. The highest BCUT2D eigenvalue weighted by molar-refractivity contribution is 5.95. The van der Waals surface area contributed by atoms with Crippen LogP contribution in [0.15, 0.2) is 47.5 Å². The summed E-state index contributed by atoms with van der Waals surface area (Å²) in [6.07, 6.45) is 1.61. The Hall–Kier alpha value is -3.33. The molecule has 0 saturated heterocycles. The third-order valence-electron chi connectivity index (χ3n) is 4.30. The van der Waals surface area contributed by atoms with E-state index in [0.717, 1.165) is 5.56 Å². The molecule has 9 nitrogen and oxygen atoms in total. The maximum Gasteiger partial charge on any atom is 0.266 e. The first-order valence-electron chi connectivity index (χ1n) is 8.82. The highest BCUT2D eigenvalue weighted by Crippen LogP contribution is 2.18. The maximum absolute atomic E-state index is 12.7. The highest BCUT2D eigenvalue weighted by Gasteiger charge is 2.17. The lowest BCUT2D eigenvalue weighted by Gasteiger charge is -2.15. The van der Waals surface area contributed by atoms with Gasteiger partial charge in [0.1, 0.15) is 6.33 Å². The van der Waals surface area contributed by atoms with Gasteiger partial charge in [-0.25, -0.2) is 4.68 Å². The van der Waals surface area contributed by atoms with Gasteiger partial charge >= 0.3 is 0 Å². The van der Waals surface area contributed by atoms with Crippen LogP contribution < -0.4 is 10.9 Å². The van der Waals surface area contributed by atoms with Crippen LogP contribution >= 0.6 is 0 Å². The molecule has 0 saturated carbocycles. The fourth-order valence-electron chi connectivity index (χ4n) is 2.78. The first kappa shape index (κ1) is 19.4. The van der Waals surface area contributed by atoms with E-state index >= 15 is 0 Å². The molecule has 3 aromatic rings. The molecule has 0 bridgehead atoms. The van der Waals surface area contributed by atoms with E-state index < -0.39 is 0 Å². The summed E-state index contributed by atoms with van der Waals surface area (Å²) in [4.78, 5) is 24.2. The summed E-state index contributed by atoms with van der Waals surface area (Å²) in [5, 5.41) is 15.2. The molecule has 0 aliphatic rings. The summed E-state index contributed by atoms with van der Waals surface area (Å²) < 4.78 is 8.19. The van der Waals surface area contributed by atoms with Crippen LogP contribution in [-0.4, -0.2) is 44.2 Å². The molecular formula is C19H22N6O3. The Labute approximate surface area is 162 Å². The summed E-state index contributed by atoms with van der Waals surface area (Å²) in [7, 11) is 3.21. The van der Waals surface area contributed by atoms with Crippen LogP contribution in [0.1, 0.15) is 29.1 Å². The number of benzene rings is 1. The number of nitrogens with one attached hydrogen (secondary N) is 1. The maximum atomic E-state index is 12.7. The minimum atomic E-state index is -0.328. The molecule has 28 heavy (non-hydrogen) atoms. The zero-order valence-electron chi connectivity index (χ0n) is 16.0. The van der Waals surface area contributed by atoms with Crippen molar-refractivity contribution in [2.75, 3.05) is 13.7 Å². The summed E-state index contributed by atoms with van der Waals surface area (Å²) in [6.45, 7) is 2.98. The van der Waals surface area contributed by atoms with E-state index in [2.05, 4.69) is 20.6 Å². The van der Waals surface area contributed by atoms with Gasteiger partial charge in [0.05, 0.1) is 18.3 Å². The van der Waals surface area contributed by atoms with Gasteiger partial charge in [0.15, 0.2) is 5.82 Å². The molecular weight excluding hydrogens is 360 g/mol. The number of hydrogen-bond donors (Lipinski definition) is 1. The van der Waals surface area contributed by atoms with Gasteiger partial charge in [-0.05, 0) is 25.1 Å². The van der Waals surface area contributed by atoms with Gasteiger partial charge < -0.3 is 14.6 Å². The molecule has 2 aromatic heterocycles. The largest absolute Gasteiger partial charge is 0.383 e. The van der Waals surface area contributed by atoms with E-state index in [1.807, 2.05) is 17.6 Å². The molecule has 146 valence electrons. The Morgan fingerprint density at radius 3 is 2.86 bits per heavy atom. The molecule has 0 radical (unpaired) electrons. The Bertz CT molecular complexity index is 1030. The lowest BCUT2D eigenvalue weighted by molar-refractivity contribution is 0.0937. The summed E-state index contributed by atoms with van der Waals surface area (Å²) in [6, 6.07) is 9.85. The first-order chi connectivity index (χ1) is 13.5. The van der Waals surface area contributed by atoms with Crippen molar-refractivity contribution in [2.45, 2.75) is 19.5 Å². The first-order valence-corrected chi connectivity index (χ1v) is 8.82. The number of aromatic nitrogens is 5. The Kier molecular flexibility index (Phi) is 5.95. The fourth-order valence-corrected chi connectivity index (χ4v) is 2.78. The number of carbonyl (C=O) groups excluding carboxylic acids is 1. The zero-order chi connectivity index (χ0) is 20.1. The van der Waals surface area contributed by atoms with Crippen LogP contribution in [0.5, 0.6) is 0 Å². The predicted octanol–water partition coefficient (Wildman–Crippen LogP) is 1.18. The van der Waals surface area contributed by atoms with Gasteiger partial charge in [0.2, 0.25) is 0 Å². The van der Waals surface area contributed by atoms with Crippen molar-refractivity contribution in [1.29, 1.82) is 0 Å². The van der Waals surface area contributed by atoms with E-state index in [-0.39, 0.29) is 17.5 Å². The average Bonchev–Trinajstić information content (AvgIpc) is 3.17. The van der Waals surface area contributed by atoms with Gasteiger partial charge in [-0.1, -0.05) is 12.1 Å². The van der Waals surface area contributed by atoms with Crippen molar-refractivity contribution >= 4 is 5.91 Å². The second-order valence-corrected chi connectivity index (χ2v) is 6.33. The van der Waals surface area contributed by atoms with Crippen LogP contribution in [0.3, 0.4) is 0 Å². The van der Waals surface area contributed by atoms with E-state index in [1.165, 1.54) is 10.7 Å². The molecule has 1 atom stereocenters. The van der Waals surface area contributed by atoms with Crippen molar-refractivity contribution in [3.05, 3.63) is 64.5 Å². The molecule has 3 rings (SSSR count). The predicted molar refractivity (Wildman–Crippen MR) is 103 cm³/mol. The summed E-state index contributed by atoms with van der Waals surface area (Å²) in [5.41, 5.74) is 1.66. The number of ether oxygens (including phenoxy) is 1. The van der Waals surface area contributed by atoms with Gasteiger partial charge in [-0.15, -0.1) is 10.2 Å². The van der Waals surface area contributed by atoms with E-state index in [9.17, 15) is 9.59 Å². The average molecular weight is 382 g/mol. The lowest BCUT2D eigenvalue weighted by Crippen LogP contribution is -2.29. The van der Waals surface area contributed by atoms with Crippen molar-refractivity contribution in [2.24, 2.45) is 7.05 Å². The Morgan fingerprint density at radius 2 is 2.11 bits per heavy atom. The minimum Gasteiger partial charge on any atom is -0.383 e. The molecule has 9 heteroatoms. The molecule has 1 amide bonds. The fraction of sp³-hybridized carbons (Fsp3) is 0.316. The topological polar surface area (TPSA) is 104 Å². The van der Waals surface area contributed by atoms with Gasteiger partial charge in [0, 0.05) is 37.9 Å². The lowest BCUT2D eigenvalue weighted by atomic mass is 10.1. The molecule has 0 fully saturated rings. The second-order valence-electron chi connectivity index (χ2n) is 6.33. The van der Waals surface area contributed by atoms with Crippen molar-refractivity contribution in [3.63, 3.8) is 0 Å². The third kappa shape index (κ3) is 4.32. The Morgan fingerprint density at radius 1 is 1.29 bits per heavy atom. The number of aryl methyl sites for hydroxylation is 1. The number of rotatable bonds is 7. The van der Waals surface area contributed by atoms with E-state index in [0.29, 0.717) is 30.2 Å². The minimum absolute atomic E-state index is 0.191. The van der Waals surface area contributed by atoms with Crippen molar-refractivity contribution in [1.82, 2.24) is 29.9 Å². The zero-order valence-corrected chi connectivity index (χ0v) is 16.0. The number of amides is 1. The van der Waals surface area contributed by atoms with Crippen LogP contribution in [0.4, 0.5) is 0 Å². The van der Waals surface area contributed by atoms with Gasteiger partial charge in [-0.2, -0.15) is 5.10 Å². The molecule has 0 spiro atoms. The van der Waals surface area contributed by atoms with Gasteiger partial charge in [0.25, 0.3) is 11.5 Å². The van der Waals surface area contributed by atoms with E-state index in [4.69, 9.17) is 4.74 Å². The summed E-state index contributed by atoms with van der Waals surface area (Å²) >= 11 is 0. The quantitative estimate of drug-likeness (QED) is 0.658. The highest BCUT2D eigenvalue weighted by atomic mass is 16.5. The SMILES string of the molecule is COCCn1cnnc1[C@H](C)NC(=O)c1cccc(-c2ccc(=O)n(C)n2)c1. The molecule has 0 unspecified atom stereocenters. The number of hydrogen-bond acceptors (Lipinski definition) is 6. The van der Waals surface area contributed by atoms with Gasteiger partial charge in [-0.3, -0.25) is 9.59 Å².